The normalized spacial score (nSPS) is 19.1. The minimum absolute atomic E-state index is 0.168. The highest BCUT2D eigenvalue weighted by atomic mass is 35.5. The Morgan fingerprint density at radius 3 is 2.85 bits per heavy atom. The van der Waals surface area contributed by atoms with Gasteiger partial charge in [-0.15, -0.1) is 0 Å². The minimum atomic E-state index is -0.346. The zero-order chi connectivity index (χ0) is 14.7. The number of rotatable bonds is 4. The Morgan fingerprint density at radius 1 is 1.45 bits per heavy atom. The van der Waals surface area contributed by atoms with E-state index in [0.717, 1.165) is 11.3 Å². The number of hydrogen-bond acceptors (Lipinski definition) is 4. The molecule has 1 aromatic carbocycles. The second-order valence-corrected chi connectivity index (χ2v) is 5.20. The number of benzene rings is 1. The average molecular weight is 296 g/mol. The van der Waals surface area contributed by atoms with E-state index in [0.29, 0.717) is 18.0 Å². The highest BCUT2D eigenvalue weighted by Crippen LogP contribution is 2.28. The van der Waals surface area contributed by atoms with E-state index in [4.69, 9.17) is 11.6 Å². The first kappa shape index (κ1) is 14.8. The van der Waals surface area contributed by atoms with E-state index in [9.17, 15) is 9.59 Å². The van der Waals surface area contributed by atoms with Crippen LogP contribution in [0.25, 0.3) is 0 Å². The number of anilines is 1. The average Bonchev–Trinajstić information content (AvgIpc) is 2.40. The van der Waals surface area contributed by atoms with Crippen molar-refractivity contribution in [2.24, 2.45) is 0 Å². The molecule has 1 heterocycles. The first-order valence-corrected chi connectivity index (χ1v) is 6.98. The first-order valence-electron chi connectivity index (χ1n) is 6.60. The van der Waals surface area contributed by atoms with Crippen LogP contribution in [0.15, 0.2) is 18.2 Å². The maximum absolute atomic E-state index is 12.0. The molecule has 0 bridgehead atoms. The SMILES string of the molecule is CCC1C(=O)NC(=O)CN1c1cc(Cl)ccc1CNC. The minimum Gasteiger partial charge on any atom is -0.350 e. The maximum Gasteiger partial charge on any atom is 0.249 e. The smallest absolute Gasteiger partial charge is 0.249 e. The molecule has 0 saturated carbocycles. The summed E-state index contributed by atoms with van der Waals surface area (Å²) in [4.78, 5) is 25.4. The number of imide groups is 1. The second kappa shape index (κ2) is 6.24. The molecule has 2 N–H and O–H groups in total. The monoisotopic (exact) mass is 295 g/mol. The number of nitrogens with one attached hydrogen (secondary N) is 2. The number of hydrogen-bond donors (Lipinski definition) is 2. The van der Waals surface area contributed by atoms with Crippen LogP contribution in [-0.2, 0) is 16.1 Å². The van der Waals surface area contributed by atoms with Crippen molar-refractivity contribution in [1.82, 2.24) is 10.6 Å². The molecule has 0 spiro atoms. The third-order valence-electron chi connectivity index (χ3n) is 3.37. The van der Waals surface area contributed by atoms with Crippen molar-refractivity contribution in [3.8, 4) is 0 Å². The van der Waals surface area contributed by atoms with Crippen molar-refractivity contribution < 1.29 is 9.59 Å². The Labute approximate surface area is 123 Å². The number of amides is 2. The van der Waals surface area contributed by atoms with Crippen molar-refractivity contribution in [2.75, 3.05) is 18.5 Å². The van der Waals surface area contributed by atoms with Gasteiger partial charge >= 0.3 is 0 Å². The molecule has 1 atom stereocenters. The van der Waals surface area contributed by atoms with Gasteiger partial charge in [-0.3, -0.25) is 14.9 Å². The number of halogens is 1. The molecule has 2 amide bonds. The van der Waals surface area contributed by atoms with Crippen molar-refractivity contribution in [2.45, 2.75) is 25.9 Å². The van der Waals surface area contributed by atoms with Crippen molar-refractivity contribution in [3.63, 3.8) is 0 Å². The lowest BCUT2D eigenvalue weighted by Crippen LogP contribution is -2.58. The van der Waals surface area contributed by atoms with Gasteiger partial charge in [0.1, 0.15) is 6.04 Å². The first-order chi connectivity index (χ1) is 9.56. The van der Waals surface area contributed by atoms with Crippen LogP contribution in [-0.4, -0.2) is 31.4 Å². The van der Waals surface area contributed by atoms with Gasteiger partial charge in [0, 0.05) is 17.3 Å². The van der Waals surface area contributed by atoms with Crippen LogP contribution in [0.4, 0.5) is 5.69 Å². The van der Waals surface area contributed by atoms with Crippen LogP contribution in [0.2, 0.25) is 5.02 Å². The van der Waals surface area contributed by atoms with E-state index in [2.05, 4.69) is 10.6 Å². The summed E-state index contributed by atoms with van der Waals surface area (Å²) in [5, 5.41) is 6.05. The van der Waals surface area contributed by atoms with E-state index in [-0.39, 0.29) is 24.4 Å². The number of nitrogens with zero attached hydrogens (tertiary/aromatic N) is 1. The van der Waals surface area contributed by atoms with Crippen molar-refractivity contribution in [3.05, 3.63) is 28.8 Å². The molecule has 2 rings (SSSR count). The Balaban J connectivity index is 2.43. The molecule has 1 aliphatic heterocycles. The molecule has 1 unspecified atom stereocenters. The summed E-state index contributed by atoms with van der Waals surface area (Å²) in [5.74, 6) is -0.533. The molecule has 0 aliphatic carbocycles. The van der Waals surface area contributed by atoms with E-state index >= 15 is 0 Å². The summed E-state index contributed by atoms with van der Waals surface area (Å²) in [7, 11) is 1.85. The third-order valence-corrected chi connectivity index (χ3v) is 3.60. The van der Waals surface area contributed by atoms with Gasteiger partial charge in [-0.05, 0) is 31.2 Å². The van der Waals surface area contributed by atoms with Crippen LogP contribution in [0.3, 0.4) is 0 Å². The molecular formula is C14H18ClN3O2. The molecule has 0 aromatic heterocycles. The molecule has 1 aromatic rings. The van der Waals surface area contributed by atoms with Gasteiger partial charge in [0.25, 0.3) is 0 Å². The van der Waals surface area contributed by atoms with Gasteiger partial charge in [0.15, 0.2) is 0 Å². The van der Waals surface area contributed by atoms with E-state index in [1.807, 2.05) is 37.1 Å². The number of piperazine rings is 1. The predicted octanol–water partition coefficient (Wildman–Crippen LogP) is 1.30. The lowest BCUT2D eigenvalue weighted by molar-refractivity contribution is -0.132. The van der Waals surface area contributed by atoms with Crippen LogP contribution in [0.1, 0.15) is 18.9 Å². The zero-order valence-electron chi connectivity index (χ0n) is 11.6. The Morgan fingerprint density at radius 2 is 2.20 bits per heavy atom. The standard InChI is InChI=1S/C14H18ClN3O2/c1-3-11-14(20)17-13(19)8-18(11)12-6-10(15)5-4-9(12)7-16-2/h4-6,11,16H,3,7-8H2,1-2H3,(H,17,19,20). The summed E-state index contributed by atoms with van der Waals surface area (Å²) >= 11 is 6.07. The lowest BCUT2D eigenvalue weighted by Gasteiger charge is -2.36. The highest BCUT2D eigenvalue weighted by Gasteiger charge is 2.33. The van der Waals surface area contributed by atoms with Crippen molar-refractivity contribution in [1.29, 1.82) is 0 Å². The van der Waals surface area contributed by atoms with Crippen molar-refractivity contribution >= 4 is 29.1 Å². The fraction of sp³-hybridized carbons (Fsp3) is 0.429. The molecule has 1 aliphatic rings. The van der Waals surface area contributed by atoms with Crippen LogP contribution < -0.4 is 15.5 Å². The largest absolute Gasteiger partial charge is 0.350 e. The predicted molar refractivity (Wildman–Crippen MR) is 78.8 cm³/mol. The Kier molecular flexibility index (Phi) is 4.62. The van der Waals surface area contributed by atoms with E-state index < -0.39 is 0 Å². The fourth-order valence-corrected chi connectivity index (χ4v) is 2.64. The van der Waals surface area contributed by atoms with Crippen LogP contribution in [0.5, 0.6) is 0 Å². The number of carbonyl (C=O) groups is 2. The zero-order valence-corrected chi connectivity index (χ0v) is 12.3. The molecule has 1 saturated heterocycles. The van der Waals surface area contributed by atoms with Gasteiger partial charge in [0.05, 0.1) is 6.54 Å². The Bertz CT molecular complexity index is 533. The number of carbonyl (C=O) groups excluding carboxylic acids is 2. The third kappa shape index (κ3) is 2.94. The topological polar surface area (TPSA) is 61.4 Å². The molecule has 20 heavy (non-hydrogen) atoms. The highest BCUT2D eigenvalue weighted by molar-refractivity contribution is 6.31. The fourth-order valence-electron chi connectivity index (χ4n) is 2.47. The Hall–Kier alpha value is -1.59. The summed E-state index contributed by atoms with van der Waals surface area (Å²) in [6, 6.07) is 5.19. The maximum atomic E-state index is 12.0. The van der Waals surface area contributed by atoms with Crippen LogP contribution in [0, 0.1) is 0 Å². The second-order valence-electron chi connectivity index (χ2n) is 4.77. The molecule has 108 valence electrons. The lowest BCUT2D eigenvalue weighted by atomic mass is 10.1. The van der Waals surface area contributed by atoms with Crippen LogP contribution >= 0.6 is 11.6 Å². The van der Waals surface area contributed by atoms with E-state index in [1.165, 1.54) is 0 Å². The van der Waals surface area contributed by atoms with Gasteiger partial charge in [-0.2, -0.15) is 0 Å². The summed E-state index contributed by atoms with van der Waals surface area (Å²) in [5.41, 5.74) is 1.85. The quantitative estimate of drug-likeness (QED) is 0.822. The molecule has 6 heteroatoms. The van der Waals surface area contributed by atoms with Gasteiger partial charge in [0.2, 0.25) is 11.8 Å². The molecule has 5 nitrogen and oxygen atoms in total. The van der Waals surface area contributed by atoms with Gasteiger partial charge in [-0.1, -0.05) is 24.6 Å². The van der Waals surface area contributed by atoms with Gasteiger partial charge < -0.3 is 10.2 Å². The van der Waals surface area contributed by atoms with Gasteiger partial charge in [-0.25, -0.2) is 0 Å². The molecular weight excluding hydrogens is 278 g/mol. The molecule has 1 fully saturated rings. The summed E-state index contributed by atoms with van der Waals surface area (Å²) in [6.45, 7) is 2.74. The summed E-state index contributed by atoms with van der Waals surface area (Å²) in [6.07, 6.45) is 0.630. The van der Waals surface area contributed by atoms with E-state index in [1.54, 1.807) is 0 Å². The summed E-state index contributed by atoms with van der Waals surface area (Å²) < 4.78 is 0. The molecule has 0 radical (unpaired) electrons.